The van der Waals surface area contributed by atoms with Crippen LogP contribution in [0.3, 0.4) is 0 Å². The van der Waals surface area contributed by atoms with Crippen molar-refractivity contribution >= 4 is 0 Å². The molecule has 0 bridgehead atoms. The van der Waals surface area contributed by atoms with Gasteiger partial charge in [-0.05, 0) is 19.7 Å². The Bertz CT molecular complexity index is 118. The highest BCUT2D eigenvalue weighted by Crippen LogP contribution is 2.01. The Balaban J connectivity index is 3.51. The highest BCUT2D eigenvalue weighted by atomic mass is 15.1. The first-order chi connectivity index (χ1) is 4.72. The Hall–Kier alpha value is -0.760. The van der Waals surface area contributed by atoms with Gasteiger partial charge >= 0.3 is 0 Å². The van der Waals surface area contributed by atoms with E-state index in [-0.39, 0.29) is 0 Å². The number of hydrogen-bond donors (Lipinski definition) is 1. The fourth-order valence-electron chi connectivity index (χ4n) is 0.575. The molecule has 1 N–H and O–H groups in total. The zero-order valence-corrected chi connectivity index (χ0v) is 6.85. The van der Waals surface area contributed by atoms with Crippen molar-refractivity contribution in [1.82, 2.24) is 10.2 Å². The van der Waals surface area contributed by atoms with Crippen LogP contribution in [0.25, 0.3) is 0 Å². The van der Waals surface area contributed by atoms with Gasteiger partial charge in [-0.25, -0.2) is 0 Å². The van der Waals surface area contributed by atoms with Crippen LogP contribution in [0, 0.1) is 0 Å². The molecule has 0 heterocycles. The van der Waals surface area contributed by atoms with Gasteiger partial charge in [-0.15, -0.1) is 0 Å². The van der Waals surface area contributed by atoms with Crippen molar-refractivity contribution in [2.24, 2.45) is 0 Å². The van der Waals surface area contributed by atoms with Gasteiger partial charge in [0.2, 0.25) is 0 Å². The Morgan fingerprint density at radius 1 is 1.70 bits per heavy atom. The molecule has 0 aromatic heterocycles. The Labute approximate surface area is 63.2 Å². The third-order valence-corrected chi connectivity index (χ3v) is 1.44. The summed E-state index contributed by atoms with van der Waals surface area (Å²) in [6.45, 7) is 8.48. The monoisotopic (exact) mass is 140 g/mol. The normalized spacial score (nSPS) is 9.00. The molecule has 0 aromatic carbocycles. The minimum absolute atomic E-state index is 0.969. The average molecular weight is 140 g/mol. The summed E-state index contributed by atoms with van der Waals surface area (Å²) in [5.41, 5.74) is 1.09. The van der Waals surface area contributed by atoms with Crippen molar-refractivity contribution in [3.63, 3.8) is 0 Å². The van der Waals surface area contributed by atoms with E-state index in [1.807, 2.05) is 19.0 Å². The summed E-state index contributed by atoms with van der Waals surface area (Å²) in [5.74, 6) is 0. The number of nitrogens with one attached hydrogen (secondary N) is 1. The first kappa shape index (κ1) is 9.24. The summed E-state index contributed by atoms with van der Waals surface area (Å²) in [6, 6.07) is 0. The number of hydrogen-bond acceptors (Lipinski definition) is 2. The zero-order chi connectivity index (χ0) is 7.98. The Morgan fingerprint density at radius 3 is 2.70 bits per heavy atom. The van der Waals surface area contributed by atoms with E-state index in [4.69, 9.17) is 0 Å². The first-order valence-corrected chi connectivity index (χ1v) is 3.40. The molecule has 0 saturated heterocycles. The zero-order valence-electron chi connectivity index (χ0n) is 6.85. The van der Waals surface area contributed by atoms with E-state index in [9.17, 15) is 0 Å². The van der Waals surface area contributed by atoms with Crippen molar-refractivity contribution in [3.05, 3.63) is 25.1 Å². The van der Waals surface area contributed by atoms with Gasteiger partial charge in [0, 0.05) is 19.3 Å². The number of nitrogens with zero attached hydrogens (tertiary/aromatic N) is 1. The summed E-state index contributed by atoms with van der Waals surface area (Å²) >= 11 is 0. The lowest BCUT2D eigenvalue weighted by atomic mass is 10.3. The van der Waals surface area contributed by atoms with Crippen LogP contribution in [0.2, 0.25) is 0 Å². The fourth-order valence-corrected chi connectivity index (χ4v) is 0.575. The van der Waals surface area contributed by atoms with Gasteiger partial charge in [-0.1, -0.05) is 13.2 Å². The van der Waals surface area contributed by atoms with Gasteiger partial charge < -0.3 is 10.2 Å². The van der Waals surface area contributed by atoms with Gasteiger partial charge in [0.05, 0.1) is 0 Å². The van der Waals surface area contributed by atoms with Crippen LogP contribution in [0.4, 0.5) is 0 Å². The molecule has 2 nitrogen and oxygen atoms in total. The predicted molar refractivity (Wildman–Crippen MR) is 45.6 cm³/mol. The maximum Gasteiger partial charge on any atom is 0.0111 e. The molecule has 10 heavy (non-hydrogen) atoms. The van der Waals surface area contributed by atoms with Crippen LogP contribution in [0.15, 0.2) is 25.1 Å². The maximum atomic E-state index is 3.88. The summed E-state index contributed by atoms with van der Waals surface area (Å²) in [5, 5.41) is 3.06. The summed E-state index contributed by atoms with van der Waals surface area (Å²) < 4.78 is 0. The molecule has 0 amide bonds. The van der Waals surface area contributed by atoms with Crippen molar-refractivity contribution in [1.29, 1.82) is 0 Å². The van der Waals surface area contributed by atoms with E-state index in [1.165, 1.54) is 0 Å². The number of rotatable bonds is 5. The molecule has 0 aliphatic heterocycles. The second kappa shape index (κ2) is 5.06. The minimum Gasteiger partial charge on any atom is -0.356 e. The molecule has 0 atom stereocenters. The minimum atomic E-state index is 0.969. The molecule has 0 spiro atoms. The third kappa shape index (κ3) is 3.30. The van der Waals surface area contributed by atoms with Gasteiger partial charge in [0.1, 0.15) is 0 Å². The quantitative estimate of drug-likeness (QED) is 0.617. The van der Waals surface area contributed by atoms with Gasteiger partial charge in [0.15, 0.2) is 0 Å². The molecule has 0 aromatic rings. The van der Waals surface area contributed by atoms with Gasteiger partial charge in [-0.3, -0.25) is 0 Å². The smallest absolute Gasteiger partial charge is 0.0111 e. The van der Waals surface area contributed by atoms with Crippen LogP contribution in [-0.2, 0) is 0 Å². The lowest BCUT2D eigenvalue weighted by molar-refractivity contribution is 0.535. The van der Waals surface area contributed by atoms with Crippen LogP contribution < -0.4 is 5.32 Å². The Morgan fingerprint density at radius 2 is 2.30 bits per heavy atom. The molecule has 0 aliphatic rings. The van der Waals surface area contributed by atoms with E-state index in [0.29, 0.717) is 0 Å². The van der Waals surface area contributed by atoms with Crippen LogP contribution in [0.1, 0.15) is 6.42 Å². The standard InChI is InChI=1S/C8H16N2/c1-5-10(4)8(2)6-7-9-3/h5,9H,1-2,6-7H2,3-4H3. The van der Waals surface area contributed by atoms with Gasteiger partial charge in [-0.2, -0.15) is 0 Å². The molecule has 0 saturated carbocycles. The molecule has 0 fully saturated rings. The lowest BCUT2D eigenvalue weighted by Gasteiger charge is -2.15. The summed E-state index contributed by atoms with van der Waals surface area (Å²) in [6.07, 6.45) is 2.73. The SMILES string of the molecule is C=CN(C)C(=C)CCNC. The summed E-state index contributed by atoms with van der Waals surface area (Å²) in [4.78, 5) is 1.93. The maximum absolute atomic E-state index is 3.88. The van der Waals surface area contributed by atoms with Gasteiger partial charge in [0.25, 0.3) is 0 Å². The highest BCUT2D eigenvalue weighted by Gasteiger charge is 1.94. The van der Waals surface area contributed by atoms with Crippen LogP contribution >= 0.6 is 0 Å². The van der Waals surface area contributed by atoms with Crippen molar-refractivity contribution in [3.8, 4) is 0 Å². The molecule has 0 aliphatic carbocycles. The third-order valence-electron chi connectivity index (χ3n) is 1.44. The van der Waals surface area contributed by atoms with Crippen LogP contribution in [-0.4, -0.2) is 25.5 Å². The van der Waals surface area contributed by atoms with E-state index in [2.05, 4.69) is 18.5 Å². The molecule has 0 unspecified atom stereocenters. The second-order valence-electron chi connectivity index (χ2n) is 2.21. The van der Waals surface area contributed by atoms with E-state index in [1.54, 1.807) is 6.20 Å². The lowest BCUT2D eigenvalue weighted by Crippen LogP contribution is -2.15. The average Bonchev–Trinajstić information content (AvgIpc) is 1.98. The molecule has 0 radical (unpaired) electrons. The van der Waals surface area contributed by atoms with Crippen molar-refractivity contribution in [2.45, 2.75) is 6.42 Å². The van der Waals surface area contributed by atoms with E-state index < -0.39 is 0 Å². The van der Waals surface area contributed by atoms with Crippen LogP contribution in [0.5, 0.6) is 0 Å². The fraction of sp³-hybridized carbons (Fsp3) is 0.500. The van der Waals surface area contributed by atoms with Crippen molar-refractivity contribution in [2.75, 3.05) is 20.6 Å². The largest absolute Gasteiger partial charge is 0.356 e. The van der Waals surface area contributed by atoms with Crippen molar-refractivity contribution < 1.29 is 0 Å². The second-order valence-corrected chi connectivity index (χ2v) is 2.21. The van der Waals surface area contributed by atoms with E-state index in [0.717, 1.165) is 18.7 Å². The molecular formula is C8H16N2. The topological polar surface area (TPSA) is 15.3 Å². The predicted octanol–water partition coefficient (Wildman–Crippen LogP) is 1.18. The molecule has 58 valence electrons. The molecular weight excluding hydrogens is 124 g/mol. The summed E-state index contributed by atoms with van der Waals surface area (Å²) in [7, 11) is 3.88. The highest BCUT2D eigenvalue weighted by molar-refractivity contribution is 4.96. The first-order valence-electron chi connectivity index (χ1n) is 3.40. The molecule has 0 rings (SSSR count). The molecule has 2 heteroatoms. The Kier molecular flexibility index (Phi) is 4.67. The van der Waals surface area contributed by atoms with E-state index >= 15 is 0 Å².